The van der Waals surface area contributed by atoms with Gasteiger partial charge < -0.3 is 22.5 Å². The van der Waals surface area contributed by atoms with Crippen LogP contribution in [0.5, 0.6) is 0 Å². The Morgan fingerprint density at radius 3 is 2.31 bits per heavy atom. The monoisotopic (exact) mass is 215 g/mol. The molecule has 1 aromatic carbocycles. The van der Waals surface area contributed by atoms with Crippen molar-refractivity contribution in [2.75, 3.05) is 22.5 Å². The number of aromatic nitrogens is 1. The van der Waals surface area contributed by atoms with Crippen molar-refractivity contribution < 1.29 is 0 Å². The smallest absolute Gasteiger partial charge is 0.156 e. The molecule has 7 N–H and O–H groups in total. The van der Waals surface area contributed by atoms with Crippen LogP contribution in [-0.4, -0.2) is 4.98 Å². The second-order valence-electron chi connectivity index (χ2n) is 3.39. The predicted molar refractivity (Wildman–Crippen MR) is 67.2 cm³/mol. The second kappa shape index (κ2) is 3.98. The first-order chi connectivity index (χ1) is 7.66. The van der Waals surface area contributed by atoms with Gasteiger partial charge in [0.1, 0.15) is 5.82 Å². The summed E-state index contributed by atoms with van der Waals surface area (Å²) in [5.41, 5.74) is 18.7. The Balaban J connectivity index is 2.32. The van der Waals surface area contributed by atoms with Crippen LogP contribution in [0, 0.1) is 0 Å². The molecule has 0 radical (unpaired) electrons. The topological polar surface area (TPSA) is 103 Å². The molecule has 82 valence electrons. The molecule has 0 saturated carbocycles. The summed E-state index contributed by atoms with van der Waals surface area (Å²) >= 11 is 0. The molecular weight excluding hydrogens is 202 g/mol. The molecule has 0 unspecified atom stereocenters. The molecule has 0 aliphatic heterocycles. The minimum Gasteiger partial charge on any atom is -0.396 e. The fourth-order valence-corrected chi connectivity index (χ4v) is 1.32. The third-order valence-corrected chi connectivity index (χ3v) is 2.15. The Bertz CT molecular complexity index is 495. The molecule has 5 heteroatoms. The highest BCUT2D eigenvalue weighted by atomic mass is 15.0. The summed E-state index contributed by atoms with van der Waals surface area (Å²) in [5, 5.41) is 3.07. The maximum absolute atomic E-state index is 5.78. The Kier molecular flexibility index (Phi) is 2.51. The molecule has 0 saturated heterocycles. The molecule has 0 fully saturated rings. The van der Waals surface area contributed by atoms with E-state index in [0.29, 0.717) is 17.2 Å². The summed E-state index contributed by atoms with van der Waals surface area (Å²) in [7, 11) is 0. The Morgan fingerprint density at radius 1 is 0.938 bits per heavy atom. The molecule has 0 atom stereocenters. The van der Waals surface area contributed by atoms with Gasteiger partial charge in [-0.05, 0) is 18.2 Å². The Morgan fingerprint density at radius 2 is 1.62 bits per heavy atom. The van der Waals surface area contributed by atoms with Crippen molar-refractivity contribution >= 4 is 28.7 Å². The number of rotatable bonds is 2. The summed E-state index contributed by atoms with van der Waals surface area (Å²) in [6, 6.07) is 11.2. The maximum Gasteiger partial charge on any atom is 0.156 e. The van der Waals surface area contributed by atoms with Crippen molar-refractivity contribution in [2.24, 2.45) is 0 Å². The number of nitrogens with two attached hydrogens (primary N) is 3. The molecule has 0 amide bonds. The third-order valence-electron chi connectivity index (χ3n) is 2.15. The van der Waals surface area contributed by atoms with E-state index in [1.165, 1.54) is 0 Å². The highest BCUT2D eigenvalue weighted by Gasteiger charge is 2.05. The molecule has 2 rings (SSSR count). The number of nitrogens with zero attached hydrogens (tertiary/aromatic N) is 1. The number of hydrogen-bond acceptors (Lipinski definition) is 5. The van der Waals surface area contributed by atoms with Gasteiger partial charge >= 0.3 is 0 Å². The lowest BCUT2D eigenvalue weighted by molar-refractivity contribution is 1.32. The zero-order valence-corrected chi connectivity index (χ0v) is 8.64. The predicted octanol–water partition coefficient (Wildman–Crippen LogP) is 1.57. The Hall–Kier alpha value is -2.43. The van der Waals surface area contributed by atoms with E-state index in [9.17, 15) is 0 Å². The van der Waals surface area contributed by atoms with Gasteiger partial charge in [0, 0.05) is 5.69 Å². The van der Waals surface area contributed by atoms with E-state index in [-0.39, 0.29) is 5.82 Å². The van der Waals surface area contributed by atoms with Crippen LogP contribution in [0.2, 0.25) is 0 Å². The highest BCUT2D eigenvalue weighted by molar-refractivity contribution is 5.76. The van der Waals surface area contributed by atoms with E-state index in [1.54, 1.807) is 6.07 Å². The molecule has 1 aromatic heterocycles. The lowest BCUT2D eigenvalue weighted by Crippen LogP contribution is -2.05. The van der Waals surface area contributed by atoms with Gasteiger partial charge in [-0.3, -0.25) is 0 Å². The summed E-state index contributed by atoms with van der Waals surface area (Å²) in [6.07, 6.45) is 0. The molecule has 16 heavy (non-hydrogen) atoms. The van der Waals surface area contributed by atoms with Crippen LogP contribution in [0.3, 0.4) is 0 Å². The van der Waals surface area contributed by atoms with Gasteiger partial charge in [-0.15, -0.1) is 0 Å². The number of para-hydroxylation sites is 1. The van der Waals surface area contributed by atoms with Gasteiger partial charge in [-0.2, -0.15) is 0 Å². The fraction of sp³-hybridized carbons (Fsp3) is 0. The quantitative estimate of drug-likeness (QED) is 0.609. The number of anilines is 5. The van der Waals surface area contributed by atoms with Crippen molar-refractivity contribution in [1.82, 2.24) is 4.98 Å². The average molecular weight is 215 g/mol. The molecule has 0 spiro atoms. The van der Waals surface area contributed by atoms with Crippen LogP contribution in [0.4, 0.5) is 28.7 Å². The van der Waals surface area contributed by atoms with Gasteiger partial charge in [0.15, 0.2) is 5.82 Å². The standard InChI is InChI=1S/C11H13N5/c12-8-6-9(13)11(16-10(8)14)15-7-4-2-1-3-5-7/h1-6H,12-13H2,(H3,14,15,16). The van der Waals surface area contributed by atoms with Gasteiger partial charge in [0.2, 0.25) is 0 Å². The molecule has 0 bridgehead atoms. The molecule has 0 aliphatic rings. The zero-order chi connectivity index (χ0) is 11.5. The molecule has 2 aromatic rings. The Labute approximate surface area is 93.3 Å². The van der Waals surface area contributed by atoms with Crippen molar-refractivity contribution in [3.63, 3.8) is 0 Å². The van der Waals surface area contributed by atoms with Crippen LogP contribution in [-0.2, 0) is 0 Å². The molecule has 5 nitrogen and oxygen atoms in total. The third kappa shape index (κ3) is 1.98. The highest BCUT2D eigenvalue weighted by Crippen LogP contribution is 2.25. The summed E-state index contributed by atoms with van der Waals surface area (Å²) in [4.78, 5) is 4.08. The van der Waals surface area contributed by atoms with Gasteiger partial charge in [-0.25, -0.2) is 4.98 Å². The number of hydrogen-bond donors (Lipinski definition) is 4. The van der Waals surface area contributed by atoms with Crippen molar-refractivity contribution in [2.45, 2.75) is 0 Å². The van der Waals surface area contributed by atoms with Crippen molar-refractivity contribution in [3.05, 3.63) is 36.4 Å². The van der Waals surface area contributed by atoms with E-state index >= 15 is 0 Å². The minimum absolute atomic E-state index is 0.271. The van der Waals surface area contributed by atoms with Crippen LogP contribution in [0.1, 0.15) is 0 Å². The van der Waals surface area contributed by atoms with Gasteiger partial charge in [0.05, 0.1) is 11.4 Å². The van der Waals surface area contributed by atoms with Crippen LogP contribution in [0.25, 0.3) is 0 Å². The summed E-state index contributed by atoms with van der Waals surface area (Å²) < 4.78 is 0. The zero-order valence-electron chi connectivity index (χ0n) is 8.64. The summed E-state index contributed by atoms with van der Waals surface area (Å²) in [5.74, 6) is 0.783. The lowest BCUT2D eigenvalue weighted by atomic mass is 10.3. The van der Waals surface area contributed by atoms with E-state index in [4.69, 9.17) is 17.2 Å². The number of nitrogens with one attached hydrogen (secondary N) is 1. The van der Waals surface area contributed by atoms with Crippen molar-refractivity contribution in [1.29, 1.82) is 0 Å². The van der Waals surface area contributed by atoms with E-state index in [0.717, 1.165) is 5.69 Å². The van der Waals surface area contributed by atoms with E-state index < -0.39 is 0 Å². The largest absolute Gasteiger partial charge is 0.396 e. The minimum atomic E-state index is 0.271. The molecular formula is C11H13N5. The first-order valence-electron chi connectivity index (χ1n) is 4.80. The van der Waals surface area contributed by atoms with Crippen LogP contribution in [0.15, 0.2) is 36.4 Å². The second-order valence-corrected chi connectivity index (χ2v) is 3.39. The first-order valence-corrected chi connectivity index (χ1v) is 4.80. The number of nitrogen functional groups attached to an aromatic ring is 3. The van der Waals surface area contributed by atoms with Crippen molar-refractivity contribution in [3.8, 4) is 0 Å². The SMILES string of the molecule is Nc1cc(N)c(Nc2ccccc2)nc1N. The lowest BCUT2D eigenvalue weighted by Gasteiger charge is -2.10. The maximum atomic E-state index is 5.78. The summed E-state index contributed by atoms with van der Waals surface area (Å²) in [6.45, 7) is 0. The van der Waals surface area contributed by atoms with E-state index in [1.807, 2.05) is 30.3 Å². The van der Waals surface area contributed by atoms with Gasteiger partial charge in [-0.1, -0.05) is 18.2 Å². The molecule has 1 heterocycles. The van der Waals surface area contributed by atoms with E-state index in [2.05, 4.69) is 10.3 Å². The normalized spacial score (nSPS) is 10.0. The van der Waals surface area contributed by atoms with Gasteiger partial charge in [0.25, 0.3) is 0 Å². The fourth-order valence-electron chi connectivity index (χ4n) is 1.32. The number of pyridine rings is 1. The number of benzene rings is 1. The average Bonchev–Trinajstić information content (AvgIpc) is 2.27. The molecule has 0 aliphatic carbocycles. The van der Waals surface area contributed by atoms with Crippen LogP contribution < -0.4 is 22.5 Å². The first kappa shape index (κ1) is 10.1. The van der Waals surface area contributed by atoms with Crippen LogP contribution >= 0.6 is 0 Å².